The van der Waals surface area contributed by atoms with E-state index in [2.05, 4.69) is 49.5 Å². The second-order valence-electron chi connectivity index (χ2n) is 7.19. The van der Waals surface area contributed by atoms with Crippen molar-refractivity contribution in [3.05, 3.63) is 87.6 Å². The van der Waals surface area contributed by atoms with Gasteiger partial charge in [-0.1, -0.05) is 62.4 Å². The fourth-order valence-electron chi connectivity index (χ4n) is 3.88. The van der Waals surface area contributed by atoms with Gasteiger partial charge in [-0.3, -0.25) is 4.79 Å². The summed E-state index contributed by atoms with van der Waals surface area (Å²) < 4.78 is 0. The van der Waals surface area contributed by atoms with Gasteiger partial charge in [0.2, 0.25) is 0 Å². The van der Waals surface area contributed by atoms with Gasteiger partial charge in [-0.15, -0.1) is 0 Å². The smallest absolute Gasteiger partial charge is 0.192 e. The molecule has 0 fully saturated rings. The maximum Gasteiger partial charge on any atom is 0.192 e. The van der Waals surface area contributed by atoms with Crippen molar-refractivity contribution in [3.63, 3.8) is 0 Å². The minimum Gasteiger partial charge on any atom is -0.357 e. The van der Waals surface area contributed by atoms with Crippen molar-refractivity contribution in [1.82, 2.24) is 5.32 Å². The summed E-state index contributed by atoms with van der Waals surface area (Å²) in [6.45, 7) is 6.22. The zero-order valence-corrected chi connectivity index (χ0v) is 15.1. The molecule has 0 unspecified atom stereocenters. The maximum atomic E-state index is 13.1. The molecule has 3 heteroatoms. The van der Waals surface area contributed by atoms with Crippen molar-refractivity contribution in [2.24, 2.45) is 0 Å². The van der Waals surface area contributed by atoms with E-state index in [4.69, 9.17) is 0 Å². The first kappa shape index (κ1) is 16.4. The Morgan fingerprint density at radius 1 is 1.04 bits per heavy atom. The summed E-state index contributed by atoms with van der Waals surface area (Å²) in [6, 6.07) is 18.3. The van der Waals surface area contributed by atoms with Gasteiger partial charge in [-0.05, 0) is 24.0 Å². The fourth-order valence-corrected chi connectivity index (χ4v) is 3.88. The van der Waals surface area contributed by atoms with Crippen LogP contribution < -0.4 is 5.32 Å². The average molecular weight is 340 g/mol. The van der Waals surface area contributed by atoms with Crippen LogP contribution in [0.3, 0.4) is 0 Å². The predicted octanol–water partition coefficient (Wildman–Crippen LogP) is 4.90. The molecule has 1 aliphatic heterocycles. The van der Waals surface area contributed by atoms with E-state index in [1.54, 1.807) is 0 Å². The molecule has 4 rings (SSSR count). The lowest BCUT2D eigenvalue weighted by Crippen LogP contribution is -2.24. The molecule has 0 saturated heterocycles. The molecule has 0 radical (unpaired) electrons. The van der Waals surface area contributed by atoms with E-state index in [0.29, 0.717) is 22.6 Å². The molecule has 2 aromatic carbocycles. The van der Waals surface area contributed by atoms with Gasteiger partial charge in [-0.2, -0.15) is 5.26 Å². The van der Waals surface area contributed by atoms with E-state index >= 15 is 0 Å². The molecular formula is C23H20N2O. The highest BCUT2D eigenvalue weighted by atomic mass is 16.1. The molecule has 26 heavy (non-hydrogen) atoms. The van der Waals surface area contributed by atoms with Gasteiger partial charge in [0.1, 0.15) is 0 Å². The Labute approximate surface area is 153 Å². The lowest BCUT2D eigenvalue weighted by atomic mass is 9.80. The third-order valence-corrected chi connectivity index (χ3v) is 5.31. The first-order valence-electron chi connectivity index (χ1n) is 8.89. The monoisotopic (exact) mass is 340 g/mol. The summed E-state index contributed by atoms with van der Waals surface area (Å²) in [5, 5.41) is 13.1. The second-order valence-corrected chi connectivity index (χ2v) is 7.19. The first-order chi connectivity index (χ1) is 12.5. The van der Waals surface area contributed by atoms with Crippen molar-refractivity contribution in [2.45, 2.75) is 32.6 Å². The molecule has 1 heterocycles. The molecule has 0 amide bonds. The summed E-state index contributed by atoms with van der Waals surface area (Å²) in [5.41, 5.74) is 6.83. The number of nitrogens with one attached hydrogen (secondary N) is 1. The number of carbonyl (C=O) groups is 1. The van der Waals surface area contributed by atoms with Crippen LogP contribution >= 0.6 is 0 Å². The van der Waals surface area contributed by atoms with Crippen LogP contribution in [0.1, 0.15) is 59.7 Å². The summed E-state index contributed by atoms with van der Waals surface area (Å²) in [6.07, 6.45) is 0. The number of benzene rings is 2. The molecule has 3 nitrogen and oxygen atoms in total. The molecule has 1 atom stereocenters. The number of rotatable bonds is 2. The highest BCUT2D eigenvalue weighted by Crippen LogP contribution is 2.46. The minimum atomic E-state index is -0.322. The Morgan fingerprint density at radius 3 is 2.31 bits per heavy atom. The summed E-state index contributed by atoms with van der Waals surface area (Å²) in [5.74, 6) is 0.135. The van der Waals surface area contributed by atoms with E-state index in [1.165, 1.54) is 5.56 Å². The highest BCUT2D eigenvalue weighted by molar-refractivity contribution is 6.22. The topological polar surface area (TPSA) is 52.9 Å². The van der Waals surface area contributed by atoms with Gasteiger partial charge in [0.15, 0.2) is 5.78 Å². The van der Waals surface area contributed by atoms with Crippen LogP contribution in [0.2, 0.25) is 0 Å². The molecule has 0 spiro atoms. The summed E-state index contributed by atoms with van der Waals surface area (Å²) in [7, 11) is 0. The van der Waals surface area contributed by atoms with Crippen LogP contribution in [-0.4, -0.2) is 5.78 Å². The number of nitrogens with zero attached hydrogens (tertiary/aromatic N) is 1. The second kappa shape index (κ2) is 6.00. The molecule has 2 aromatic rings. The van der Waals surface area contributed by atoms with Crippen molar-refractivity contribution < 1.29 is 4.79 Å². The minimum absolute atomic E-state index is 0.0151. The predicted molar refractivity (Wildman–Crippen MR) is 102 cm³/mol. The number of hydrogen-bond donors (Lipinski definition) is 1. The quantitative estimate of drug-likeness (QED) is 0.846. The molecule has 0 bridgehead atoms. The van der Waals surface area contributed by atoms with E-state index in [1.807, 2.05) is 31.2 Å². The third kappa shape index (κ3) is 2.30. The molecular weight excluding hydrogens is 320 g/mol. The zero-order valence-electron chi connectivity index (χ0n) is 15.1. The normalized spacial score (nSPS) is 18.6. The Balaban J connectivity index is 1.89. The van der Waals surface area contributed by atoms with Crippen LogP contribution in [0.25, 0.3) is 5.70 Å². The average Bonchev–Trinajstić information content (AvgIpc) is 2.93. The number of allylic oxidation sites excluding steroid dienone is 3. The van der Waals surface area contributed by atoms with Gasteiger partial charge < -0.3 is 5.32 Å². The largest absolute Gasteiger partial charge is 0.357 e. The van der Waals surface area contributed by atoms with Gasteiger partial charge >= 0.3 is 0 Å². The van der Waals surface area contributed by atoms with Crippen LogP contribution in [0.15, 0.2) is 65.4 Å². The number of nitriles is 1. The summed E-state index contributed by atoms with van der Waals surface area (Å²) >= 11 is 0. The number of dihydropyridines is 1. The SMILES string of the molecule is CC1=C(C#N)[C@@H](c2ccc(C(C)C)cc2)C2=C(N1)c1ccccc1C2=O. The number of carbonyl (C=O) groups excluding carboxylic acids is 1. The molecule has 128 valence electrons. The van der Waals surface area contributed by atoms with Gasteiger partial charge in [0.05, 0.1) is 23.3 Å². The van der Waals surface area contributed by atoms with E-state index in [0.717, 1.165) is 22.5 Å². The number of hydrogen-bond acceptors (Lipinski definition) is 3. The van der Waals surface area contributed by atoms with E-state index in [9.17, 15) is 10.1 Å². The molecule has 1 N–H and O–H groups in total. The Morgan fingerprint density at radius 2 is 1.69 bits per heavy atom. The Kier molecular flexibility index (Phi) is 3.77. The van der Waals surface area contributed by atoms with Crippen molar-refractivity contribution in [1.29, 1.82) is 5.26 Å². The van der Waals surface area contributed by atoms with Crippen LogP contribution in [0.5, 0.6) is 0 Å². The standard InChI is InChI=1S/C23H20N2O/c1-13(2)15-8-10-16(11-9-15)20-19(12-24)14(3)25-22-17-6-4-5-7-18(17)23(26)21(20)22/h4-11,13,20,25H,1-3H3/t20-/m1/s1. The third-order valence-electron chi connectivity index (χ3n) is 5.31. The van der Waals surface area contributed by atoms with Crippen molar-refractivity contribution in [3.8, 4) is 6.07 Å². The number of Topliss-reactive ketones (excluding diaryl/α,β-unsaturated/α-hetero) is 1. The van der Waals surface area contributed by atoms with Crippen molar-refractivity contribution in [2.75, 3.05) is 0 Å². The molecule has 1 aliphatic carbocycles. The Bertz CT molecular complexity index is 1020. The zero-order chi connectivity index (χ0) is 18.4. The van der Waals surface area contributed by atoms with E-state index in [-0.39, 0.29) is 11.7 Å². The van der Waals surface area contributed by atoms with Crippen molar-refractivity contribution >= 4 is 11.5 Å². The highest BCUT2D eigenvalue weighted by Gasteiger charge is 2.40. The van der Waals surface area contributed by atoms with Crippen LogP contribution in [-0.2, 0) is 0 Å². The number of fused-ring (bicyclic) bond motifs is 2. The fraction of sp³-hybridized carbons (Fsp3) is 0.217. The molecule has 0 saturated carbocycles. The van der Waals surface area contributed by atoms with Gasteiger partial charge in [0, 0.05) is 22.4 Å². The van der Waals surface area contributed by atoms with Crippen LogP contribution in [0, 0.1) is 11.3 Å². The van der Waals surface area contributed by atoms with Crippen LogP contribution in [0.4, 0.5) is 0 Å². The molecule has 0 aromatic heterocycles. The maximum absolute atomic E-state index is 13.1. The lowest BCUT2D eigenvalue weighted by molar-refractivity contribution is 0.103. The summed E-state index contributed by atoms with van der Waals surface area (Å²) in [4.78, 5) is 13.1. The van der Waals surface area contributed by atoms with E-state index < -0.39 is 0 Å². The van der Waals surface area contributed by atoms with Gasteiger partial charge in [-0.25, -0.2) is 0 Å². The van der Waals surface area contributed by atoms with Gasteiger partial charge in [0.25, 0.3) is 0 Å². The molecule has 2 aliphatic rings. The lowest BCUT2D eigenvalue weighted by Gasteiger charge is -2.27. The Hall–Kier alpha value is -3.12. The first-order valence-corrected chi connectivity index (χ1v) is 8.89. The number of ketones is 1.